The van der Waals surface area contributed by atoms with Crippen molar-refractivity contribution in [3.05, 3.63) is 50.6 Å². The van der Waals surface area contributed by atoms with Crippen LogP contribution in [0, 0.1) is 6.92 Å². The van der Waals surface area contributed by atoms with Gasteiger partial charge < -0.3 is 5.11 Å². The van der Waals surface area contributed by atoms with Crippen LogP contribution in [-0.4, -0.2) is 37.5 Å². The Morgan fingerprint density at radius 2 is 2.04 bits per heavy atom. The first-order chi connectivity index (χ1) is 11.5. The summed E-state index contributed by atoms with van der Waals surface area (Å²) in [6.07, 6.45) is 3.70. The summed E-state index contributed by atoms with van der Waals surface area (Å²) in [6.45, 7) is 3.14. The molecule has 6 heteroatoms. The number of piperidine rings is 1. The maximum absolute atomic E-state index is 12.0. The lowest BCUT2D eigenvalue weighted by molar-refractivity contribution is -0.0677. The highest BCUT2D eigenvalue weighted by atomic mass is 32.1. The van der Waals surface area contributed by atoms with Crippen molar-refractivity contribution in [2.24, 2.45) is 0 Å². The minimum absolute atomic E-state index is 0.137. The predicted octanol–water partition coefficient (Wildman–Crippen LogP) is 2.17. The minimum Gasteiger partial charge on any atom is -0.388 e. The average Bonchev–Trinajstić information content (AvgIpc) is 3.12. The van der Waals surface area contributed by atoms with Crippen molar-refractivity contribution in [2.75, 3.05) is 0 Å². The molecule has 4 rings (SSSR count). The number of aryl methyl sites for hydroxylation is 1. The van der Waals surface area contributed by atoms with Crippen LogP contribution in [0.5, 0.6) is 0 Å². The smallest absolute Gasteiger partial charge is 0.266 e. The zero-order valence-corrected chi connectivity index (χ0v) is 14.7. The Morgan fingerprint density at radius 3 is 2.71 bits per heavy atom. The standard InChI is InChI=1S/C18H23N3O2S/c1-13-2-5-17(22)21(19-13)12-18(23)8-15-3-4-16(9-18)20(15)10-14-6-7-24-11-14/h2,5-7,11,15-16,23H,3-4,8-10,12H2,1H3/t15-,16-/m0/s1. The molecule has 2 saturated heterocycles. The lowest BCUT2D eigenvalue weighted by Gasteiger charge is -2.43. The van der Waals surface area contributed by atoms with E-state index in [1.165, 1.54) is 16.3 Å². The zero-order chi connectivity index (χ0) is 16.7. The summed E-state index contributed by atoms with van der Waals surface area (Å²) in [6, 6.07) is 6.23. The molecule has 0 aromatic carbocycles. The van der Waals surface area contributed by atoms with Gasteiger partial charge in [0.2, 0.25) is 0 Å². The molecule has 2 aliphatic heterocycles. The van der Waals surface area contributed by atoms with Gasteiger partial charge in [0.25, 0.3) is 5.56 Å². The quantitative estimate of drug-likeness (QED) is 0.923. The van der Waals surface area contributed by atoms with Gasteiger partial charge in [0.1, 0.15) is 0 Å². The van der Waals surface area contributed by atoms with Crippen LogP contribution in [0.4, 0.5) is 0 Å². The third-order valence-corrected chi connectivity index (χ3v) is 6.12. The van der Waals surface area contributed by atoms with Gasteiger partial charge in [-0.2, -0.15) is 16.4 Å². The molecule has 0 saturated carbocycles. The van der Waals surface area contributed by atoms with Crippen LogP contribution in [0.1, 0.15) is 36.9 Å². The maximum Gasteiger partial charge on any atom is 0.266 e. The predicted molar refractivity (Wildman–Crippen MR) is 94.1 cm³/mol. The molecule has 24 heavy (non-hydrogen) atoms. The second-order valence-corrected chi connectivity index (χ2v) is 8.07. The van der Waals surface area contributed by atoms with E-state index in [0.717, 1.165) is 37.9 Å². The molecule has 0 amide bonds. The molecular weight excluding hydrogens is 322 g/mol. The van der Waals surface area contributed by atoms with Crippen molar-refractivity contribution >= 4 is 11.3 Å². The van der Waals surface area contributed by atoms with Gasteiger partial charge in [-0.3, -0.25) is 9.69 Å². The van der Waals surface area contributed by atoms with Gasteiger partial charge in [0.15, 0.2) is 0 Å². The summed E-state index contributed by atoms with van der Waals surface area (Å²) in [5, 5.41) is 19.8. The third-order valence-electron chi connectivity index (χ3n) is 5.39. The van der Waals surface area contributed by atoms with E-state index in [4.69, 9.17) is 0 Å². The lowest BCUT2D eigenvalue weighted by atomic mass is 9.85. The maximum atomic E-state index is 12.0. The van der Waals surface area contributed by atoms with Crippen molar-refractivity contribution in [3.63, 3.8) is 0 Å². The van der Waals surface area contributed by atoms with Gasteiger partial charge in [-0.25, -0.2) is 4.68 Å². The summed E-state index contributed by atoms with van der Waals surface area (Å²) in [5.74, 6) is 0. The fourth-order valence-corrected chi connectivity index (χ4v) is 5.00. The van der Waals surface area contributed by atoms with Gasteiger partial charge >= 0.3 is 0 Å². The summed E-state index contributed by atoms with van der Waals surface area (Å²) in [7, 11) is 0. The molecule has 2 bridgehead atoms. The summed E-state index contributed by atoms with van der Waals surface area (Å²) >= 11 is 1.73. The molecule has 5 nitrogen and oxygen atoms in total. The monoisotopic (exact) mass is 345 g/mol. The molecule has 128 valence electrons. The van der Waals surface area contributed by atoms with Gasteiger partial charge in [-0.05, 0) is 61.1 Å². The van der Waals surface area contributed by atoms with Crippen LogP contribution in [-0.2, 0) is 13.1 Å². The van der Waals surface area contributed by atoms with E-state index < -0.39 is 5.60 Å². The molecule has 2 fully saturated rings. The molecule has 0 unspecified atom stereocenters. The van der Waals surface area contributed by atoms with E-state index in [9.17, 15) is 9.90 Å². The second-order valence-electron chi connectivity index (χ2n) is 7.29. The van der Waals surface area contributed by atoms with Crippen LogP contribution in [0.3, 0.4) is 0 Å². The largest absolute Gasteiger partial charge is 0.388 e. The number of aliphatic hydroxyl groups is 1. The van der Waals surface area contributed by atoms with Crippen LogP contribution in [0.15, 0.2) is 33.8 Å². The van der Waals surface area contributed by atoms with Crippen LogP contribution < -0.4 is 5.56 Å². The molecule has 1 N–H and O–H groups in total. The van der Waals surface area contributed by atoms with Crippen LogP contribution in [0.25, 0.3) is 0 Å². The molecule has 2 aliphatic rings. The number of aromatic nitrogens is 2. The molecule has 2 aromatic rings. The highest BCUT2D eigenvalue weighted by Gasteiger charge is 2.47. The van der Waals surface area contributed by atoms with Crippen molar-refractivity contribution in [1.29, 1.82) is 0 Å². The number of rotatable bonds is 4. The molecule has 0 radical (unpaired) electrons. The van der Waals surface area contributed by atoms with E-state index in [0.29, 0.717) is 18.6 Å². The fourth-order valence-electron chi connectivity index (χ4n) is 4.34. The highest BCUT2D eigenvalue weighted by molar-refractivity contribution is 7.07. The summed E-state index contributed by atoms with van der Waals surface area (Å²) in [5.41, 5.74) is 1.19. The van der Waals surface area contributed by atoms with Gasteiger partial charge in [0.05, 0.1) is 17.8 Å². The topological polar surface area (TPSA) is 58.4 Å². The minimum atomic E-state index is -0.832. The molecule has 4 heterocycles. The Kier molecular flexibility index (Phi) is 4.06. The van der Waals surface area contributed by atoms with Gasteiger partial charge in [-0.1, -0.05) is 0 Å². The van der Waals surface area contributed by atoms with E-state index in [1.54, 1.807) is 17.4 Å². The Hall–Kier alpha value is -1.50. The van der Waals surface area contributed by atoms with Crippen LogP contribution >= 0.6 is 11.3 Å². The number of hydrogen-bond acceptors (Lipinski definition) is 5. The molecule has 0 spiro atoms. The van der Waals surface area contributed by atoms with E-state index in [2.05, 4.69) is 26.8 Å². The van der Waals surface area contributed by atoms with Crippen molar-refractivity contribution in [2.45, 2.75) is 63.4 Å². The molecule has 2 atom stereocenters. The van der Waals surface area contributed by atoms with Crippen molar-refractivity contribution < 1.29 is 5.11 Å². The van der Waals surface area contributed by atoms with Crippen molar-refractivity contribution in [1.82, 2.24) is 14.7 Å². The van der Waals surface area contributed by atoms with E-state index in [1.807, 2.05) is 6.92 Å². The number of nitrogens with zero attached hydrogens (tertiary/aromatic N) is 3. The first kappa shape index (κ1) is 16.0. The summed E-state index contributed by atoms with van der Waals surface area (Å²) < 4.78 is 1.43. The van der Waals surface area contributed by atoms with E-state index >= 15 is 0 Å². The number of thiophene rings is 1. The average molecular weight is 345 g/mol. The molecule has 2 aromatic heterocycles. The van der Waals surface area contributed by atoms with Crippen molar-refractivity contribution in [3.8, 4) is 0 Å². The summed E-state index contributed by atoms with van der Waals surface area (Å²) in [4.78, 5) is 14.6. The number of hydrogen-bond donors (Lipinski definition) is 1. The highest BCUT2D eigenvalue weighted by Crippen LogP contribution is 2.42. The first-order valence-corrected chi connectivity index (χ1v) is 9.51. The zero-order valence-electron chi connectivity index (χ0n) is 13.9. The Bertz CT molecular complexity index is 757. The Morgan fingerprint density at radius 1 is 1.29 bits per heavy atom. The second kappa shape index (κ2) is 6.10. The Balaban J connectivity index is 1.51. The lowest BCUT2D eigenvalue weighted by Crippen LogP contribution is -2.53. The van der Waals surface area contributed by atoms with E-state index in [-0.39, 0.29) is 5.56 Å². The molecule has 0 aliphatic carbocycles. The number of fused-ring (bicyclic) bond motifs is 2. The van der Waals surface area contributed by atoms with Gasteiger partial charge in [0, 0.05) is 24.7 Å². The Labute approximate surface area is 145 Å². The first-order valence-electron chi connectivity index (χ1n) is 8.56. The SMILES string of the molecule is Cc1ccc(=O)n(CC2(O)C[C@@H]3CC[C@@H](C2)N3Cc2ccsc2)n1. The molecular formula is C18H23N3O2S. The normalized spacial score (nSPS) is 29.9. The fraction of sp³-hybridized carbons (Fsp3) is 0.556. The van der Waals surface area contributed by atoms with Crippen LogP contribution in [0.2, 0.25) is 0 Å². The van der Waals surface area contributed by atoms with Gasteiger partial charge in [-0.15, -0.1) is 0 Å². The third kappa shape index (κ3) is 3.06.